The molecular weight excluding hydrogens is 687 g/mol. The molecule has 0 N–H and O–H groups in total. The van der Waals surface area contributed by atoms with Crippen molar-refractivity contribution in [2.75, 3.05) is 0 Å². The number of fused-ring (bicyclic) bond motifs is 7. The van der Waals surface area contributed by atoms with E-state index in [0.29, 0.717) is 28.9 Å². The third kappa shape index (κ3) is 5.22. The van der Waals surface area contributed by atoms with Gasteiger partial charge in [-0.25, -0.2) is 15.0 Å². The molecular formula is C50H31N5O. The molecule has 0 radical (unpaired) electrons. The maximum absolute atomic E-state index is 6.53. The molecule has 0 fully saturated rings. The van der Waals surface area contributed by atoms with E-state index in [9.17, 15) is 0 Å². The van der Waals surface area contributed by atoms with Crippen LogP contribution in [-0.4, -0.2) is 24.9 Å². The van der Waals surface area contributed by atoms with Crippen LogP contribution in [0.25, 0.3) is 89.7 Å². The molecule has 0 bridgehead atoms. The highest BCUT2D eigenvalue weighted by Crippen LogP contribution is 2.56. The van der Waals surface area contributed by atoms with Crippen LogP contribution in [0.2, 0.25) is 0 Å². The van der Waals surface area contributed by atoms with Gasteiger partial charge in [0.05, 0.1) is 0 Å². The SMILES string of the molecule is c1ccc(-c2cc(-c3nc(-c4ccccn4)nc(-c4ccccn4)n3)cc(-c3ccccc3)c2C2c3ccccc3-c3ccc4oc5ccccc5c4c32)cc1. The normalized spacial score (nSPS) is 13.2. The van der Waals surface area contributed by atoms with Crippen molar-refractivity contribution in [3.63, 3.8) is 0 Å². The van der Waals surface area contributed by atoms with Gasteiger partial charge in [0.2, 0.25) is 0 Å². The van der Waals surface area contributed by atoms with Gasteiger partial charge in [0.1, 0.15) is 22.6 Å². The Bertz CT molecular complexity index is 2950. The van der Waals surface area contributed by atoms with E-state index in [1.807, 2.05) is 42.5 Å². The molecule has 56 heavy (non-hydrogen) atoms. The molecule has 4 heterocycles. The van der Waals surface area contributed by atoms with Gasteiger partial charge in [0, 0.05) is 34.6 Å². The molecule has 1 unspecified atom stereocenters. The smallest absolute Gasteiger partial charge is 0.182 e. The predicted molar refractivity (Wildman–Crippen MR) is 223 cm³/mol. The molecule has 1 aliphatic rings. The first-order chi connectivity index (χ1) is 27.8. The second kappa shape index (κ2) is 13.1. The number of hydrogen-bond acceptors (Lipinski definition) is 6. The van der Waals surface area contributed by atoms with Crippen molar-refractivity contribution >= 4 is 21.9 Å². The van der Waals surface area contributed by atoms with Crippen LogP contribution in [0.3, 0.4) is 0 Å². The highest BCUT2D eigenvalue weighted by atomic mass is 16.3. The Labute approximate surface area is 322 Å². The fraction of sp³-hybridized carbons (Fsp3) is 0.0200. The average molecular weight is 718 g/mol. The number of benzene rings is 6. The molecule has 6 heteroatoms. The predicted octanol–water partition coefficient (Wildman–Crippen LogP) is 12.1. The Hall–Kier alpha value is -7.57. The quantitative estimate of drug-likeness (QED) is 0.170. The van der Waals surface area contributed by atoms with E-state index in [-0.39, 0.29) is 5.92 Å². The zero-order chi connectivity index (χ0) is 37.0. The summed E-state index contributed by atoms with van der Waals surface area (Å²) in [5.41, 5.74) is 14.5. The fourth-order valence-electron chi connectivity index (χ4n) is 8.36. The van der Waals surface area contributed by atoms with Gasteiger partial charge in [0.25, 0.3) is 0 Å². The van der Waals surface area contributed by atoms with Crippen molar-refractivity contribution in [1.82, 2.24) is 24.9 Å². The van der Waals surface area contributed by atoms with E-state index in [2.05, 4.69) is 137 Å². The molecule has 10 aromatic rings. The molecule has 1 aliphatic carbocycles. The first-order valence-corrected chi connectivity index (χ1v) is 18.7. The van der Waals surface area contributed by atoms with Gasteiger partial charge < -0.3 is 4.42 Å². The van der Waals surface area contributed by atoms with Gasteiger partial charge in [-0.05, 0) is 98.6 Å². The first-order valence-electron chi connectivity index (χ1n) is 18.7. The van der Waals surface area contributed by atoms with Crippen molar-refractivity contribution < 1.29 is 4.42 Å². The van der Waals surface area contributed by atoms with Crippen LogP contribution < -0.4 is 0 Å². The minimum Gasteiger partial charge on any atom is -0.456 e. The Balaban J connectivity index is 1.25. The van der Waals surface area contributed by atoms with Crippen LogP contribution in [0.15, 0.2) is 187 Å². The van der Waals surface area contributed by atoms with Crippen LogP contribution in [0, 0.1) is 0 Å². The molecule has 4 aromatic heterocycles. The van der Waals surface area contributed by atoms with E-state index in [1.165, 1.54) is 27.8 Å². The summed E-state index contributed by atoms with van der Waals surface area (Å²) >= 11 is 0. The summed E-state index contributed by atoms with van der Waals surface area (Å²) in [4.78, 5) is 24.3. The first kappa shape index (κ1) is 31.9. The maximum Gasteiger partial charge on any atom is 0.182 e. The number of pyridine rings is 2. The largest absolute Gasteiger partial charge is 0.456 e. The highest BCUT2D eigenvalue weighted by molar-refractivity contribution is 6.11. The molecule has 6 nitrogen and oxygen atoms in total. The summed E-state index contributed by atoms with van der Waals surface area (Å²) in [6.45, 7) is 0. The molecule has 1 atom stereocenters. The second-order valence-corrected chi connectivity index (χ2v) is 14.0. The van der Waals surface area contributed by atoms with Gasteiger partial charge in [-0.3, -0.25) is 9.97 Å². The Morgan fingerprint density at radius 3 is 1.61 bits per heavy atom. The number of aromatic nitrogens is 5. The molecule has 6 aromatic carbocycles. The van der Waals surface area contributed by atoms with Gasteiger partial charge in [-0.15, -0.1) is 0 Å². The molecule has 0 saturated heterocycles. The van der Waals surface area contributed by atoms with Gasteiger partial charge in [-0.2, -0.15) is 0 Å². The van der Waals surface area contributed by atoms with Crippen LogP contribution >= 0.6 is 0 Å². The lowest BCUT2D eigenvalue weighted by Gasteiger charge is -2.25. The molecule has 262 valence electrons. The van der Waals surface area contributed by atoms with E-state index >= 15 is 0 Å². The lowest BCUT2D eigenvalue weighted by Crippen LogP contribution is -2.07. The van der Waals surface area contributed by atoms with Crippen LogP contribution in [-0.2, 0) is 0 Å². The van der Waals surface area contributed by atoms with Crippen molar-refractivity contribution in [1.29, 1.82) is 0 Å². The van der Waals surface area contributed by atoms with Crippen molar-refractivity contribution in [2.24, 2.45) is 0 Å². The third-order valence-electron chi connectivity index (χ3n) is 10.8. The van der Waals surface area contributed by atoms with Gasteiger partial charge in [0.15, 0.2) is 17.5 Å². The van der Waals surface area contributed by atoms with E-state index < -0.39 is 0 Å². The number of hydrogen-bond donors (Lipinski definition) is 0. The monoisotopic (exact) mass is 717 g/mol. The average Bonchev–Trinajstić information content (AvgIpc) is 3.83. The lowest BCUT2D eigenvalue weighted by molar-refractivity contribution is 0.668. The summed E-state index contributed by atoms with van der Waals surface area (Å²) in [7, 11) is 0. The molecule has 0 spiro atoms. The summed E-state index contributed by atoms with van der Waals surface area (Å²) < 4.78 is 6.53. The van der Waals surface area contributed by atoms with Gasteiger partial charge in [-0.1, -0.05) is 121 Å². The minimum atomic E-state index is -0.114. The molecule has 11 rings (SSSR count). The summed E-state index contributed by atoms with van der Waals surface area (Å²) in [6, 6.07) is 58.9. The minimum absolute atomic E-state index is 0.114. The van der Waals surface area contributed by atoms with E-state index in [1.54, 1.807) is 12.4 Å². The summed E-state index contributed by atoms with van der Waals surface area (Å²) in [6.07, 6.45) is 3.51. The maximum atomic E-state index is 6.53. The van der Waals surface area contributed by atoms with E-state index in [0.717, 1.165) is 49.8 Å². The number of furan rings is 1. The fourth-order valence-corrected chi connectivity index (χ4v) is 8.36. The van der Waals surface area contributed by atoms with Crippen LogP contribution in [0.1, 0.15) is 22.6 Å². The lowest BCUT2D eigenvalue weighted by atomic mass is 9.78. The summed E-state index contributed by atoms with van der Waals surface area (Å²) in [5, 5.41) is 2.27. The van der Waals surface area contributed by atoms with Crippen LogP contribution in [0.4, 0.5) is 0 Å². The number of para-hydroxylation sites is 1. The van der Waals surface area contributed by atoms with E-state index in [4.69, 9.17) is 19.4 Å². The topological polar surface area (TPSA) is 77.6 Å². The number of nitrogens with zero attached hydrogens (tertiary/aromatic N) is 5. The Kier molecular flexibility index (Phi) is 7.45. The third-order valence-corrected chi connectivity index (χ3v) is 10.8. The van der Waals surface area contributed by atoms with Crippen LogP contribution in [0.5, 0.6) is 0 Å². The number of rotatable bonds is 6. The van der Waals surface area contributed by atoms with Gasteiger partial charge >= 0.3 is 0 Å². The zero-order valence-corrected chi connectivity index (χ0v) is 30.0. The summed E-state index contributed by atoms with van der Waals surface area (Å²) in [5.74, 6) is 1.39. The second-order valence-electron chi connectivity index (χ2n) is 14.0. The zero-order valence-electron chi connectivity index (χ0n) is 30.0. The Morgan fingerprint density at radius 1 is 0.393 bits per heavy atom. The highest BCUT2D eigenvalue weighted by Gasteiger charge is 2.36. The van der Waals surface area contributed by atoms with Crippen molar-refractivity contribution in [3.05, 3.63) is 199 Å². The molecule has 0 amide bonds. The van der Waals surface area contributed by atoms with Crippen molar-refractivity contribution in [3.8, 4) is 67.8 Å². The standard InChI is InChI=1S/C50H31N5O/c1-3-15-31(16-4-1)38-29-33(48-53-49(40-22-11-13-27-51-40)55-50(54-48)41-23-12-14-28-52-41)30-39(32-17-5-2-6-18-32)44(38)46-35-20-8-7-19-34(35)36-25-26-43-45(47(36)46)37-21-9-10-24-42(37)56-43/h1-30,46H. The van der Waals surface area contributed by atoms with Crippen molar-refractivity contribution in [2.45, 2.75) is 5.92 Å². The molecule has 0 saturated carbocycles. The molecule has 0 aliphatic heterocycles. The Morgan fingerprint density at radius 2 is 0.964 bits per heavy atom.